The number of rotatable bonds is 7. The lowest BCUT2D eigenvalue weighted by molar-refractivity contribution is -0.139. The van der Waals surface area contributed by atoms with Crippen LogP contribution in [0.3, 0.4) is 0 Å². The number of aryl methyl sites for hydroxylation is 1. The molecule has 1 aliphatic rings. The monoisotopic (exact) mass is 522 g/mol. The molecule has 0 saturated carbocycles. The van der Waals surface area contributed by atoms with Crippen LogP contribution in [0.25, 0.3) is 10.9 Å². The number of fused-ring (bicyclic) bond motifs is 1. The van der Waals surface area contributed by atoms with Crippen LogP contribution in [0.4, 0.5) is 5.69 Å². The molecule has 0 aliphatic carbocycles. The Morgan fingerprint density at radius 2 is 1.84 bits per heavy atom. The normalized spacial score (nSPS) is 15.8. The number of carboxylic acids is 1. The van der Waals surface area contributed by atoms with Gasteiger partial charge in [0, 0.05) is 48.9 Å². The molecule has 0 amide bonds. The summed E-state index contributed by atoms with van der Waals surface area (Å²) >= 11 is -2.28. The summed E-state index contributed by atoms with van der Waals surface area (Å²) in [7, 11) is 1.65. The second-order valence-corrected chi connectivity index (χ2v) is 9.76. The predicted molar refractivity (Wildman–Crippen MR) is 144 cm³/mol. The zero-order valence-corrected chi connectivity index (χ0v) is 21.9. The quantitative estimate of drug-likeness (QED) is 0.360. The number of anilines is 1. The Hall–Kier alpha value is -3.49. The fourth-order valence-electron chi connectivity index (χ4n) is 4.47. The molecule has 1 saturated heterocycles. The molecule has 1 fully saturated rings. The highest BCUT2D eigenvalue weighted by Crippen LogP contribution is 2.23. The number of aromatic nitrogens is 1. The smallest absolute Gasteiger partial charge is 0.305 e. The molecule has 2 N–H and O–H groups in total. The van der Waals surface area contributed by atoms with Crippen molar-refractivity contribution in [2.75, 3.05) is 38.2 Å². The number of nitrogens with zero attached hydrogens (tertiary/aromatic N) is 4. The molecule has 9 nitrogen and oxygen atoms in total. The van der Waals surface area contributed by atoms with Crippen LogP contribution < -0.4 is 9.64 Å². The first-order chi connectivity index (χ1) is 17.7. The van der Waals surface area contributed by atoms with E-state index in [9.17, 15) is 13.6 Å². The average Bonchev–Trinajstić information content (AvgIpc) is 2.87. The summed E-state index contributed by atoms with van der Waals surface area (Å²) in [5.41, 5.74) is 4.58. The van der Waals surface area contributed by atoms with Gasteiger partial charge >= 0.3 is 5.97 Å². The molecule has 1 aliphatic heterocycles. The standard InChI is InChI=1S/C27H30N4O5S/c1-19-16-22(28-26-11-10-24(36-3)18-25(19)26)7-4-21-5-8-23(9-6-21)29-12-14-30(15-13-29)31(37(34)35)20(2)17-27(32)33/h5-6,8-11,16,18,20H,12-15,17H2,1-3H3,(H,32,33)(H,34,35). The van der Waals surface area contributed by atoms with Crippen molar-refractivity contribution < 1.29 is 23.4 Å². The Kier molecular flexibility index (Phi) is 8.41. The third-order valence-electron chi connectivity index (χ3n) is 6.33. The summed E-state index contributed by atoms with van der Waals surface area (Å²) < 4.78 is 28.1. The van der Waals surface area contributed by atoms with Crippen LogP contribution in [-0.4, -0.2) is 73.6 Å². The van der Waals surface area contributed by atoms with E-state index in [0.29, 0.717) is 31.9 Å². The number of ether oxygens (including phenoxy) is 1. The highest BCUT2D eigenvalue weighted by Gasteiger charge is 2.30. The van der Waals surface area contributed by atoms with Gasteiger partial charge in [-0.25, -0.2) is 14.2 Å². The van der Waals surface area contributed by atoms with Gasteiger partial charge in [0.2, 0.25) is 11.3 Å². The average molecular weight is 523 g/mol. The molecule has 0 bridgehead atoms. The second kappa shape index (κ2) is 11.7. The van der Waals surface area contributed by atoms with E-state index in [1.54, 1.807) is 19.0 Å². The lowest BCUT2D eigenvalue weighted by Crippen LogP contribution is -2.57. The summed E-state index contributed by atoms with van der Waals surface area (Å²) in [5, 5.41) is 11.8. The highest BCUT2D eigenvalue weighted by molar-refractivity contribution is 7.76. The van der Waals surface area contributed by atoms with Crippen molar-refractivity contribution in [1.29, 1.82) is 0 Å². The van der Waals surface area contributed by atoms with Gasteiger partial charge < -0.3 is 14.7 Å². The molecular formula is C27H30N4O5S. The summed E-state index contributed by atoms with van der Waals surface area (Å²) in [6.45, 7) is 5.98. The van der Waals surface area contributed by atoms with Gasteiger partial charge in [-0.3, -0.25) is 9.35 Å². The molecule has 2 aromatic carbocycles. The molecule has 2 heterocycles. The third kappa shape index (κ3) is 6.45. The van der Waals surface area contributed by atoms with Gasteiger partial charge in [0.1, 0.15) is 11.4 Å². The SMILES string of the molecule is COc1ccc2nc(C#Cc3ccc(N4CCN(N(C(C)CC(=O)O)S(=O)O)CC4)cc3)cc(C)c2c1. The van der Waals surface area contributed by atoms with Crippen molar-refractivity contribution in [2.45, 2.75) is 26.3 Å². The first kappa shape index (κ1) is 26.6. The molecule has 4 rings (SSSR count). The summed E-state index contributed by atoms with van der Waals surface area (Å²) in [6, 6.07) is 15.2. The molecule has 0 spiro atoms. The first-order valence-corrected chi connectivity index (χ1v) is 13.0. The Bertz CT molecular complexity index is 1360. The van der Waals surface area contributed by atoms with Crippen LogP contribution >= 0.6 is 0 Å². The van der Waals surface area contributed by atoms with Crippen molar-refractivity contribution in [3.05, 3.63) is 65.4 Å². The lowest BCUT2D eigenvalue weighted by atomic mass is 10.1. The van der Waals surface area contributed by atoms with Gasteiger partial charge in [-0.05, 0) is 73.9 Å². The molecule has 37 heavy (non-hydrogen) atoms. The number of benzene rings is 2. The Balaban J connectivity index is 1.41. The van der Waals surface area contributed by atoms with E-state index in [1.165, 1.54) is 4.41 Å². The molecule has 10 heteroatoms. The van der Waals surface area contributed by atoms with Crippen molar-refractivity contribution in [3.8, 4) is 17.6 Å². The van der Waals surface area contributed by atoms with Gasteiger partial charge in [-0.1, -0.05) is 5.92 Å². The maximum absolute atomic E-state index is 11.9. The van der Waals surface area contributed by atoms with Crippen LogP contribution in [0.1, 0.15) is 30.2 Å². The van der Waals surface area contributed by atoms with Crippen LogP contribution in [-0.2, 0) is 16.1 Å². The molecule has 3 aromatic rings. The van der Waals surface area contributed by atoms with Gasteiger partial charge in [0.25, 0.3) is 0 Å². The number of carboxylic acid groups (broad SMARTS) is 1. The fourth-order valence-corrected chi connectivity index (χ4v) is 5.21. The molecule has 2 atom stereocenters. The zero-order chi connectivity index (χ0) is 26.5. The third-order valence-corrected chi connectivity index (χ3v) is 7.24. The highest BCUT2D eigenvalue weighted by atomic mass is 32.2. The maximum atomic E-state index is 11.9. The Labute approximate surface area is 219 Å². The summed E-state index contributed by atoms with van der Waals surface area (Å²) in [4.78, 5) is 17.9. The number of carbonyl (C=O) groups is 1. The summed E-state index contributed by atoms with van der Waals surface area (Å²) in [5.74, 6) is 6.14. The number of hydrogen-bond acceptors (Lipinski definition) is 6. The predicted octanol–water partition coefficient (Wildman–Crippen LogP) is 3.29. The van der Waals surface area contributed by atoms with Crippen LogP contribution in [0, 0.1) is 18.8 Å². The number of piperazine rings is 1. The molecular weight excluding hydrogens is 492 g/mol. The Morgan fingerprint density at radius 1 is 1.14 bits per heavy atom. The van der Waals surface area contributed by atoms with E-state index in [2.05, 4.69) is 21.7 Å². The van der Waals surface area contributed by atoms with Crippen molar-refractivity contribution >= 4 is 33.8 Å². The number of hydrogen-bond donors (Lipinski definition) is 2. The Morgan fingerprint density at radius 3 is 2.46 bits per heavy atom. The zero-order valence-electron chi connectivity index (χ0n) is 21.0. The van der Waals surface area contributed by atoms with Crippen molar-refractivity contribution in [1.82, 2.24) is 14.4 Å². The number of pyridine rings is 1. The van der Waals surface area contributed by atoms with Crippen molar-refractivity contribution in [2.24, 2.45) is 0 Å². The van der Waals surface area contributed by atoms with Crippen LogP contribution in [0.15, 0.2) is 48.5 Å². The molecule has 194 valence electrons. The minimum atomic E-state index is -2.28. The van der Waals surface area contributed by atoms with E-state index in [4.69, 9.17) is 9.84 Å². The van der Waals surface area contributed by atoms with E-state index in [0.717, 1.165) is 33.5 Å². The molecule has 0 radical (unpaired) electrons. The van der Waals surface area contributed by atoms with E-state index in [-0.39, 0.29) is 6.42 Å². The summed E-state index contributed by atoms with van der Waals surface area (Å²) in [6.07, 6.45) is -0.210. The van der Waals surface area contributed by atoms with Gasteiger partial charge in [0.15, 0.2) is 0 Å². The van der Waals surface area contributed by atoms with Gasteiger partial charge in [0.05, 0.1) is 19.0 Å². The maximum Gasteiger partial charge on any atom is 0.305 e. The van der Waals surface area contributed by atoms with E-state index in [1.807, 2.05) is 55.5 Å². The molecule has 1 aromatic heterocycles. The lowest BCUT2D eigenvalue weighted by Gasteiger charge is -2.41. The minimum absolute atomic E-state index is 0.210. The van der Waals surface area contributed by atoms with Crippen molar-refractivity contribution in [3.63, 3.8) is 0 Å². The number of methoxy groups -OCH3 is 1. The van der Waals surface area contributed by atoms with Gasteiger partial charge in [-0.2, -0.15) is 0 Å². The number of aliphatic carboxylic acids is 1. The van der Waals surface area contributed by atoms with Crippen LogP contribution in [0.2, 0.25) is 0 Å². The first-order valence-electron chi connectivity index (χ1n) is 11.9. The van der Waals surface area contributed by atoms with E-state index < -0.39 is 23.3 Å². The largest absolute Gasteiger partial charge is 0.497 e. The number of hydrazine groups is 1. The van der Waals surface area contributed by atoms with Gasteiger partial charge in [-0.15, -0.1) is 4.41 Å². The molecule has 2 unspecified atom stereocenters. The fraction of sp³-hybridized carbons (Fsp3) is 0.333. The minimum Gasteiger partial charge on any atom is -0.497 e. The topological polar surface area (TPSA) is 106 Å². The van der Waals surface area contributed by atoms with Crippen LogP contribution in [0.5, 0.6) is 5.75 Å². The van der Waals surface area contributed by atoms with E-state index >= 15 is 0 Å². The second-order valence-electron chi connectivity index (χ2n) is 8.93.